The lowest BCUT2D eigenvalue weighted by molar-refractivity contribution is 0.145. The fourth-order valence-corrected chi connectivity index (χ4v) is 4.88. The molecule has 0 saturated carbocycles. The molecule has 1 aromatic carbocycles. The first-order valence-corrected chi connectivity index (χ1v) is 10.5. The second kappa shape index (κ2) is 8.01. The molecule has 3 rings (SSSR count). The van der Waals surface area contributed by atoms with Gasteiger partial charge in [0.25, 0.3) is 0 Å². The van der Waals surface area contributed by atoms with Gasteiger partial charge in [0.2, 0.25) is 0 Å². The van der Waals surface area contributed by atoms with Crippen molar-refractivity contribution >= 4 is 21.9 Å². The Balaban J connectivity index is 1.39. The van der Waals surface area contributed by atoms with Crippen LogP contribution in [0.3, 0.4) is 0 Å². The highest BCUT2D eigenvalue weighted by Gasteiger charge is 2.30. The molecular weight excluding hydrogens is 338 g/mol. The number of nitrogens with zero attached hydrogens (tertiary/aromatic N) is 2. The van der Waals surface area contributed by atoms with Gasteiger partial charge in [-0.2, -0.15) is 0 Å². The first-order valence-electron chi connectivity index (χ1n) is 8.72. The number of hydrogen-bond donors (Lipinski definition) is 1. The van der Waals surface area contributed by atoms with Gasteiger partial charge in [-0.15, -0.1) is 0 Å². The molecule has 2 aliphatic rings. The highest BCUT2D eigenvalue weighted by Crippen LogP contribution is 2.12. The monoisotopic (exact) mass is 363 g/mol. The van der Waals surface area contributed by atoms with Crippen LogP contribution in [0.25, 0.3) is 6.08 Å². The Labute approximate surface area is 149 Å². The molecule has 0 bridgehead atoms. The largest absolute Gasteiger partial charge is 0.334 e. The van der Waals surface area contributed by atoms with Crippen molar-refractivity contribution in [2.45, 2.75) is 12.5 Å². The molecule has 7 heteroatoms. The summed E-state index contributed by atoms with van der Waals surface area (Å²) in [7, 11) is -2.96. The highest BCUT2D eigenvalue weighted by molar-refractivity contribution is 7.91. The topological polar surface area (TPSA) is 69.7 Å². The second-order valence-electron chi connectivity index (χ2n) is 6.65. The van der Waals surface area contributed by atoms with Crippen LogP contribution in [0, 0.1) is 0 Å². The van der Waals surface area contributed by atoms with E-state index in [9.17, 15) is 13.2 Å². The van der Waals surface area contributed by atoms with Crippen LogP contribution in [0.15, 0.2) is 36.4 Å². The predicted molar refractivity (Wildman–Crippen MR) is 99.1 cm³/mol. The molecule has 0 aromatic heterocycles. The van der Waals surface area contributed by atoms with Crippen molar-refractivity contribution in [2.75, 3.05) is 44.2 Å². The Kier molecular flexibility index (Phi) is 5.75. The first kappa shape index (κ1) is 17.9. The maximum Gasteiger partial charge on any atom is 0.317 e. The zero-order valence-electron chi connectivity index (χ0n) is 14.3. The molecule has 1 unspecified atom stereocenters. The summed E-state index contributed by atoms with van der Waals surface area (Å²) in [6, 6.07) is 9.82. The summed E-state index contributed by atoms with van der Waals surface area (Å²) in [5.74, 6) is 0.252. The summed E-state index contributed by atoms with van der Waals surface area (Å²) in [4.78, 5) is 16.3. The Morgan fingerprint density at radius 2 is 1.88 bits per heavy atom. The van der Waals surface area contributed by atoms with Gasteiger partial charge in [-0.25, -0.2) is 13.2 Å². The molecule has 6 nitrogen and oxygen atoms in total. The van der Waals surface area contributed by atoms with E-state index in [-0.39, 0.29) is 23.6 Å². The van der Waals surface area contributed by atoms with Crippen LogP contribution in [-0.2, 0) is 9.84 Å². The number of benzene rings is 1. The van der Waals surface area contributed by atoms with Gasteiger partial charge in [0.05, 0.1) is 11.5 Å². The molecule has 2 aliphatic heterocycles. The first-order chi connectivity index (χ1) is 12.0. The molecule has 25 heavy (non-hydrogen) atoms. The summed E-state index contributed by atoms with van der Waals surface area (Å²) >= 11 is 0. The zero-order chi connectivity index (χ0) is 17.7. The standard InChI is InChI=1S/C18H25N3O3S/c22-18(19-17-8-14-25(23,24)15-17)21-12-10-20(11-13-21)9-4-7-16-5-2-1-3-6-16/h1-7,17H,8-15H2,(H,19,22)/b7-4+. The normalized spacial score (nSPS) is 23.8. The average molecular weight is 363 g/mol. The van der Waals surface area contributed by atoms with Crippen molar-refractivity contribution in [3.63, 3.8) is 0 Å². The summed E-state index contributed by atoms with van der Waals surface area (Å²) < 4.78 is 22.9. The van der Waals surface area contributed by atoms with Crippen LogP contribution in [0.5, 0.6) is 0 Å². The number of nitrogens with one attached hydrogen (secondary N) is 1. The van der Waals surface area contributed by atoms with Gasteiger partial charge in [-0.1, -0.05) is 42.5 Å². The molecule has 0 spiro atoms. The molecule has 2 amide bonds. The number of carbonyl (C=O) groups is 1. The van der Waals surface area contributed by atoms with E-state index >= 15 is 0 Å². The van der Waals surface area contributed by atoms with E-state index in [2.05, 4.69) is 34.5 Å². The Bertz CT molecular complexity index is 710. The van der Waals surface area contributed by atoms with E-state index in [0.29, 0.717) is 19.5 Å². The van der Waals surface area contributed by atoms with E-state index in [4.69, 9.17) is 0 Å². The number of sulfone groups is 1. The molecule has 2 fully saturated rings. The summed E-state index contributed by atoms with van der Waals surface area (Å²) in [5, 5.41) is 2.86. The van der Waals surface area contributed by atoms with Crippen LogP contribution in [0.1, 0.15) is 12.0 Å². The molecule has 0 radical (unpaired) electrons. The Morgan fingerprint density at radius 1 is 1.16 bits per heavy atom. The van der Waals surface area contributed by atoms with Crippen LogP contribution in [0.4, 0.5) is 4.79 Å². The van der Waals surface area contributed by atoms with Gasteiger partial charge in [0.15, 0.2) is 9.84 Å². The van der Waals surface area contributed by atoms with Gasteiger partial charge in [0, 0.05) is 38.8 Å². The van der Waals surface area contributed by atoms with Gasteiger partial charge >= 0.3 is 6.03 Å². The van der Waals surface area contributed by atoms with Crippen molar-refractivity contribution in [2.24, 2.45) is 0 Å². The minimum atomic E-state index is -2.96. The van der Waals surface area contributed by atoms with Gasteiger partial charge in [-0.05, 0) is 12.0 Å². The molecule has 2 heterocycles. The van der Waals surface area contributed by atoms with Crippen molar-refractivity contribution in [1.82, 2.24) is 15.1 Å². The maximum atomic E-state index is 12.3. The third-order valence-electron chi connectivity index (χ3n) is 4.69. The van der Waals surface area contributed by atoms with Crippen LogP contribution < -0.4 is 5.32 Å². The van der Waals surface area contributed by atoms with E-state index in [0.717, 1.165) is 19.6 Å². The number of carbonyl (C=O) groups excluding carboxylic acids is 1. The number of rotatable bonds is 4. The Morgan fingerprint density at radius 3 is 2.52 bits per heavy atom. The molecule has 1 N–H and O–H groups in total. The molecule has 1 atom stereocenters. The van der Waals surface area contributed by atoms with E-state index in [1.807, 2.05) is 18.2 Å². The van der Waals surface area contributed by atoms with Crippen molar-refractivity contribution in [3.8, 4) is 0 Å². The zero-order valence-corrected chi connectivity index (χ0v) is 15.1. The average Bonchev–Trinajstić information content (AvgIpc) is 2.95. The van der Waals surface area contributed by atoms with Crippen LogP contribution >= 0.6 is 0 Å². The second-order valence-corrected chi connectivity index (χ2v) is 8.88. The third-order valence-corrected chi connectivity index (χ3v) is 6.46. The molecule has 1 aromatic rings. The van der Waals surface area contributed by atoms with E-state index in [1.54, 1.807) is 4.90 Å². The predicted octanol–water partition coefficient (Wildman–Crippen LogP) is 1.21. The van der Waals surface area contributed by atoms with E-state index in [1.165, 1.54) is 5.56 Å². The van der Waals surface area contributed by atoms with E-state index < -0.39 is 9.84 Å². The SMILES string of the molecule is O=C(NC1CCS(=O)(=O)C1)N1CCN(C/C=C/c2ccccc2)CC1. The van der Waals surface area contributed by atoms with Gasteiger partial charge < -0.3 is 10.2 Å². The molecule has 136 valence electrons. The lowest BCUT2D eigenvalue weighted by Gasteiger charge is -2.34. The quantitative estimate of drug-likeness (QED) is 0.873. The molecular formula is C18H25N3O3S. The smallest absolute Gasteiger partial charge is 0.317 e. The number of hydrogen-bond acceptors (Lipinski definition) is 4. The summed E-state index contributed by atoms with van der Waals surface area (Å²) in [6.45, 7) is 3.87. The lowest BCUT2D eigenvalue weighted by atomic mass is 10.2. The third kappa shape index (κ3) is 5.31. The minimum Gasteiger partial charge on any atom is -0.334 e. The maximum absolute atomic E-state index is 12.3. The Hall–Kier alpha value is -1.86. The van der Waals surface area contributed by atoms with Crippen molar-refractivity contribution < 1.29 is 13.2 Å². The van der Waals surface area contributed by atoms with Gasteiger partial charge in [0.1, 0.15) is 0 Å². The van der Waals surface area contributed by atoms with Crippen LogP contribution in [-0.4, -0.2) is 74.5 Å². The number of amides is 2. The number of urea groups is 1. The van der Waals surface area contributed by atoms with Crippen LogP contribution in [0.2, 0.25) is 0 Å². The fraction of sp³-hybridized carbons (Fsp3) is 0.500. The molecule has 2 saturated heterocycles. The minimum absolute atomic E-state index is 0.0724. The summed E-state index contributed by atoms with van der Waals surface area (Å²) in [5.41, 5.74) is 1.19. The lowest BCUT2D eigenvalue weighted by Crippen LogP contribution is -2.53. The van der Waals surface area contributed by atoms with Crippen molar-refractivity contribution in [3.05, 3.63) is 42.0 Å². The highest BCUT2D eigenvalue weighted by atomic mass is 32.2. The summed E-state index contributed by atoms with van der Waals surface area (Å²) in [6.07, 6.45) is 4.78. The number of piperazine rings is 1. The fourth-order valence-electron chi connectivity index (χ4n) is 3.21. The molecule has 0 aliphatic carbocycles. The van der Waals surface area contributed by atoms with Crippen molar-refractivity contribution in [1.29, 1.82) is 0 Å². The van der Waals surface area contributed by atoms with Gasteiger partial charge in [-0.3, -0.25) is 4.90 Å².